The molecule has 0 amide bonds. The number of pyridine rings is 1. The zero-order valence-electron chi connectivity index (χ0n) is 10.4. The van der Waals surface area contributed by atoms with Gasteiger partial charge in [0.15, 0.2) is 0 Å². The number of hydrogen-bond acceptors (Lipinski definition) is 3. The third kappa shape index (κ3) is 2.50. The number of aromatic hydroxyl groups is 1. The van der Waals surface area contributed by atoms with Crippen molar-refractivity contribution in [2.75, 3.05) is 5.32 Å². The molecule has 1 aromatic heterocycles. The van der Waals surface area contributed by atoms with E-state index in [-0.39, 0.29) is 5.75 Å². The molecular formula is C16H14N2O. The molecule has 0 radical (unpaired) electrons. The molecule has 3 rings (SSSR count). The smallest absolute Gasteiger partial charge is 0.115 e. The summed E-state index contributed by atoms with van der Waals surface area (Å²) in [6.45, 7) is 0.657. The molecule has 0 saturated carbocycles. The van der Waals surface area contributed by atoms with Crippen molar-refractivity contribution in [1.29, 1.82) is 0 Å². The molecule has 0 bridgehead atoms. The van der Waals surface area contributed by atoms with Crippen molar-refractivity contribution in [2.45, 2.75) is 6.54 Å². The number of nitrogens with one attached hydrogen (secondary N) is 1. The highest BCUT2D eigenvalue weighted by molar-refractivity contribution is 5.90. The molecular weight excluding hydrogens is 236 g/mol. The highest BCUT2D eigenvalue weighted by Crippen LogP contribution is 2.21. The molecule has 19 heavy (non-hydrogen) atoms. The van der Waals surface area contributed by atoms with Crippen molar-refractivity contribution in [3.05, 3.63) is 66.4 Å². The molecule has 1 heterocycles. The number of anilines is 1. The van der Waals surface area contributed by atoms with E-state index in [2.05, 4.69) is 10.3 Å². The van der Waals surface area contributed by atoms with Crippen LogP contribution in [0.1, 0.15) is 5.56 Å². The van der Waals surface area contributed by atoms with Crippen molar-refractivity contribution in [2.24, 2.45) is 0 Å². The quantitative estimate of drug-likeness (QED) is 0.747. The normalized spacial score (nSPS) is 10.5. The van der Waals surface area contributed by atoms with Gasteiger partial charge < -0.3 is 10.4 Å². The maximum absolute atomic E-state index is 9.44. The maximum Gasteiger partial charge on any atom is 0.115 e. The minimum atomic E-state index is 0.287. The molecule has 0 spiro atoms. The summed E-state index contributed by atoms with van der Waals surface area (Å²) in [5.41, 5.74) is 3.00. The molecule has 3 heteroatoms. The van der Waals surface area contributed by atoms with Crippen molar-refractivity contribution in [1.82, 2.24) is 4.98 Å². The van der Waals surface area contributed by atoms with E-state index in [1.807, 2.05) is 42.5 Å². The third-order valence-corrected chi connectivity index (χ3v) is 3.03. The lowest BCUT2D eigenvalue weighted by molar-refractivity contribution is 0.474. The van der Waals surface area contributed by atoms with Crippen molar-refractivity contribution in [3.8, 4) is 5.75 Å². The summed E-state index contributed by atoms with van der Waals surface area (Å²) in [6.07, 6.45) is 1.79. The van der Waals surface area contributed by atoms with Crippen LogP contribution < -0.4 is 5.32 Å². The number of rotatable bonds is 3. The summed E-state index contributed by atoms with van der Waals surface area (Å²) in [5.74, 6) is 0.287. The van der Waals surface area contributed by atoms with Gasteiger partial charge in [-0.2, -0.15) is 0 Å². The van der Waals surface area contributed by atoms with E-state index in [4.69, 9.17) is 0 Å². The standard InChI is InChI=1S/C16H14N2O/c19-14-7-1-4-12(10-14)11-18-15-8-2-5-13-6-3-9-17-16(13)15/h1-10,18-19H,11H2. The predicted octanol–water partition coefficient (Wildman–Crippen LogP) is 3.55. The lowest BCUT2D eigenvalue weighted by Gasteiger charge is -2.09. The van der Waals surface area contributed by atoms with E-state index < -0.39 is 0 Å². The van der Waals surface area contributed by atoms with Gasteiger partial charge in [-0.05, 0) is 29.8 Å². The topological polar surface area (TPSA) is 45.1 Å². The van der Waals surface area contributed by atoms with Crippen LogP contribution in [-0.4, -0.2) is 10.1 Å². The zero-order valence-corrected chi connectivity index (χ0v) is 10.4. The first-order chi connectivity index (χ1) is 9.33. The van der Waals surface area contributed by atoms with Gasteiger partial charge in [-0.15, -0.1) is 0 Å². The highest BCUT2D eigenvalue weighted by Gasteiger charge is 2.01. The molecule has 3 nitrogen and oxygen atoms in total. The highest BCUT2D eigenvalue weighted by atomic mass is 16.3. The second-order valence-corrected chi connectivity index (χ2v) is 4.40. The number of aromatic nitrogens is 1. The predicted molar refractivity (Wildman–Crippen MR) is 77.2 cm³/mol. The average molecular weight is 250 g/mol. The zero-order chi connectivity index (χ0) is 13.1. The molecule has 0 aliphatic heterocycles. The van der Waals surface area contributed by atoms with Crippen LogP contribution in [0.4, 0.5) is 5.69 Å². The van der Waals surface area contributed by atoms with Gasteiger partial charge in [0.25, 0.3) is 0 Å². The van der Waals surface area contributed by atoms with Crippen LogP contribution in [0.3, 0.4) is 0 Å². The summed E-state index contributed by atoms with van der Waals surface area (Å²) in [5, 5.41) is 13.9. The van der Waals surface area contributed by atoms with Crippen LogP contribution in [0.15, 0.2) is 60.8 Å². The minimum absolute atomic E-state index is 0.287. The summed E-state index contributed by atoms with van der Waals surface area (Å²) < 4.78 is 0. The number of fused-ring (bicyclic) bond motifs is 1. The summed E-state index contributed by atoms with van der Waals surface area (Å²) in [6, 6.07) is 17.3. The van der Waals surface area contributed by atoms with Gasteiger partial charge >= 0.3 is 0 Å². The number of para-hydroxylation sites is 1. The molecule has 2 N–H and O–H groups in total. The Hall–Kier alpha value is -2.55. The lowest BCUT2D eigenvalue weighted by atomic mass is 10.1. The monoisotopic (exact) mass is 250 g/mol. The van der Waals surface area contributed by atoms with Gasteiger partial charge in [-0.3, -0.25) is 4.98 Å². The van der Waals surface area contributed by atoms with Crippen molar-refractivity contribution in [3.63, 3.8) is 0 Å². The number of phenols is 1. The summed E-state index contributed by atoms with van der Waals surface area (Å²) >= 11 is 0. The fraction of sp³-hybridized carbons (Fsp3) is 0.0625. The van der Waals surface area contributed by atoms with E-state index in [1.165, 1.54) is 0 Å². The number of phenolic OH excluding ortho intramolecular Hbond substituents is 1. The molecule has 0 fully saturated rings. The first kappa shape index (κ1) is 11.5. The van der Waals surface area contributed by atoms with E-state index >= 15 is 0 Å². The largest absolute Gasteiger partial charge is 0.508 e. The van der Waals surface area contributed by atoms with Crippen LogP contribution in [-0.2, 0) is 6.54 Å². The van der Waals surface area contributed by atoms with Gasteiger partial charge in [0.05, 0.1) is 11.2 Å². The molecule has 0 saturated heterocycles. The second kappa shape index (κ2) is 4.98. The first-order valence-corrected chi connectivity index (χ1v) is 6.18. The van der Waals surface area contributed by atoms with Crippen LogP contribution in [0.5, 0.6) is 5.75 Å². The van der Waals surface area contributed by atoms with Crippen LogP contribution in [0.2, 0.25) is 0 Å². The summed E-state index contributed by atoms with van der Waals surface area (Å²) in [7, 11) is 0. The maximum atomic E-state index is 9.44. The Labute approximate surface area is 111 Å². The van der Waals surface area contributed by atoms with E-state index in [0.717, 1.165) is 22.2 Å². The fourth-order valence-electron chi connectivity index (χ4n) is 2.11. The average Bonchev–Trinajstić information content (AvgIpc) is 2.45. The molecule has 94 valence electrons. The van der Waals surface area contributed by atoms with Gasteiger partial charge in [-0.25, -0.2) is 0 Å². The molecule has 0 atom stereocenters. The van der Waals surface area contributed by atoms with Gasteiger partial charge in [-0.1, -0.05) is 30.3 Å². The van der Waals surface area contributed by atoms with Crippen LogP contribution in [0.25, 0.3) is 10.9 Å². The Morgan fingerprint density at radius 1 is 1.00 bits per heavy atom. The van der Waals surface area contributed by atoms with Crippen molar-refractivity contribution >= 4 is 16.6 Å². The van der Waals surface area contributed by atoms with Crippen molar-refractivity contribution < 1.29 is 5.11 Å². The molecule has 0 aliphatic carbocycles. The first-order valence-electron chi connectivity index (χ1n) is 6.18. The Kier molecular flexibility index (Phi) is 3.02. The SMILES string of the molecule is Oc1cccc(CNc2cccc3cccnc23)c1. The van der Waals surface area contributed by atoms with Crippen LogP contribution in [0, 0.1) is 0 Å². The van der Waals surface area contributed by atoms with E-state index in [1.54, 1.807) is 18.3 Å². The van der Waals surface area contributed by atoms with Crippen LogP contribution >= 0.6 is 0 Å². The van der Waals surface area contributed by atoms with E-state index in [9.17, 15) is 5.11 Å². The van der Waals surface area contributed by atoms with Gasteiger partial charge in [0, 0.05) is 18.1 Å². The Bertz CT molecular complexity index is 704. The number of nitrogens with zero attached hydrogens (tertiary/aromatic N) is 1. The minimum Gasteiger partial charge on any atom is -0.508 e. The second-order valence-electron chi connectivity index (χ2n) is 4.40. The molecule has 0 unspecified atom stereocenters. The molecule has 3 aromatic rings. The van der Waals surface area contributed by atoms with E-state index in [0.29, 0.717) is 6.54 Å². The van der Waals surface area contributed by atoms with Gasteiger partial charge in [0.1, 0.15) is 5.75 Å². The lowest BCUT2D eigenvalue weighted by Crippen LogP contribution is -2.00. The molecule has 2 aromatic carbocycles. The Balaban J connectivity index is 1.86. The third-order valence-electron chi connectivity index (χ3n) is 3.03. The Morgan fingerprint density at radius 2 is 1.84 bits per heavy atom. The molecule has 0 aliphatic rings. The number of hydrogen-bond donors (Lipinski definition) is 2. The summed E-state index contributed by atoms with van der Waals surface area (Å²) in [4.78, 5) is 4.40. The number of benzene rings is 2. The Morgan fingerprint density at radius 3 is 2.74 bits per heavy atom. The fourth-order valence-corrected chi connectivity index (χ4v) is 2.11. The van der Waals surface area contributed by atoms with Gasteiger partial charge in [0.2, 0.25) is 0 Å².